The van der Waals surface area contributed by atoms with Crippen molar-refractivity contribution in [1.29, 1.82) is 5.26 Å². The van der Waals surface area contributed by atoms with Gasteiger partial charge in [0.05, 0.1) is 23.8 Å². The Morgan fingerprint density at radius 3 is 3.00 bits per heavy atom. The van der Waals surface area contributed by atoms with E-state index in [9.17, 15) is 0 Å². The molecule has 0 bridgehead atoms. The summed E-state index contributed by atoms with van der Waals surface area (Å²) in [6, 6.07) is 9.95. The number of nitrogens with zero attached hydrogens (tertiary/aromatic N) is 2. The molecule has 0 radical (unpaired) electrons. The third kappa shape index (κ3) is 2.17. The van der Waals surface area contributed by atoms with Crippen molar-refractivity contribution in [3.05, 3.63) is 36.0 Å². The van der Waals surface area contributed by atoms with Crippen LogP contribution in [0.2, 0.25) is 0 Å². The van der Waals surface area contributed by atoms with E-state index in [-0.39, 0.29) is 0 Å². The molecule has 1 aliphatic carbocycles. The lowest BCUT2D eigenvalue weighted by molar-refractivity contribution is 0.0718. The molecular formula is C14H14N2O. The second-order valence-corrected chi connectivity index (χ2v) is 4.61. The van der Waals surface area contributed by atoms with Gasteiger partial charge in [-0.15, -0.1) is 0 Å². The fourth-order valence-electron chi connectivity index (χ4n) is 1.97. The Morgan fingerprint density at radius 2 is 2.24 bits per heavy atom. The maximum Gasteiger partial charge on any atom is 0.122 e. The molecule has 0 unspecified atom stereocenters. The van der Waals surface area contributed by atoms with Crippen LogP contribution < -0.4 is 0 Å². The zero-order valence-corrected chi connectivity index (χ0v) is 9.60. The number of nitriles is 1. The Balaban J connectivity index is 1.80. The first-order valence-electron chi connectivity index (χ1n) is 5.93. The zero-order chi connectivity index (χ0) is 11.7. The molecule has 1 aromatic carbocycles. The summed E-state index contributed by atoms with van der Waals surface area (Å²) in [6.45, 7) is 1.44. The van der Waals surface area contributed by atoms with E-state index in [1.807, 2.05) is 24.4 Å². The summed E-state index contributed by atoms with van der Waals surface area (Å²) in [4.78, 5) is 0. The predicted octanol–water partition coefficient (Wildman–Crippen LogP) is 2.90. The summed E-state index contributed by atoms with van der Waals surface area (Å²) in [7, 11) is 0. The van der Waals surface area contributed by atoms with Crippen molar-refractivity contribution in [3.8, 4) is 6.07 Å². The van der Waals surface area contributed by atoms with Crippen molar-refractivity contribution in [2.24, 2.45) is 5.92 Å². The minimum absolute atomic E-state index is 0.578. The predicted molar refractivity (Wildman–Crippen MR) is 65.3 cm³/mol. The van der Waals surface area contributed by atoms with Gasteiger partial charge in [0.2, 0.25) is 0 Å². The lowest BCUT2D eigenvalue weighted by atomic mass is 10.2. The van der Waals surface area contributed by atoms with Crippen LogP contribution in [0.15, 0.2) is 30.5 Å². The molecule has 0 N–H and O–H groups in total. The van der Waals surface area contributed by atoms with Gasteiger partial charge in [-0.05, 0) is 42.3 Å². The number of ether oxygens (including phenoxy) is 1. The van der Waals surface area contributed by atoms with E-state index in [0.717, 1.165) is 23.4 Å². The van der Waals surface area contributed by atoms with Crippen LogP contribution in [-0.4, -0.2) is 11.2 Å². The van der Waals surface area contributed by atoms with Crippen LogP contribution in [0.25, 0.3) is 10.9 Å². The Labute approximate surface area is 100 Å². The fraction of sp³-hybridized carbons (Fsp3) is 0.357. The highest BCUT2D eigenvalue weighted by Gasteiger charge is 2.21. The number of benzene rings is 1. The molecule has 3 nitrogen and oxygen atoms in total. The number of fused-ring (bicyclic) bond motifs is 1. The van der Waals surface area contributed by atoms with E-state index in [4.69, 9.17) is 10.00 Å². The first-order chi connectivity index (χ1) is 8.36. The van der Waals surface area contributed by atoms with Crippen molar-refractivity contribution in [2.75, 3.05) is 6.61 Å². The quantitative estimate of drug-likeness (QED) is 0.804. The van der Waals surface area contributed by atoms with Crippen LogP contribution in [0.1, 0.15) is 18.4 Å². The number of hydrogen-bond acceptors (Lipinski definition) is 2. The lowest BCUT2D eigenvalue weighted by Gasteiger charge is -2.06. The highest BCUT2D eigenvalue weighted by molar-refractivity contribution is 5.81. The molecule has 0 atom stereocenters. The smallest absolute Gasteiger partial charge is 0.122 e. The summed E-state index contributed by atoms with van der Waals surface area (Å²) in [5.74, 6) is 0.784. The van der Waals surface area contributed by atoms with Gasteiger partial charge < -0.3 is 9.30 Å². The highest BCUT2D eigenvalue weighted by Crippen LogP contribution is 2.29. The molecule has 3 heteroatoms. The van der Waals surface area contributed by atoms with E-state index < -0.39 is 0 Å². The maximum atomic E-state index is 8.89. The Hall–Kier alpha value is -1.79. The monoisotopic (exact) mass is 226 g/mol. The molecule has 0 amide bonds. The third-order valence-corrected chi connectivity index (χ3v) is 3.18. The van der Waals surface area contributed by atoms with E-state index in [1.54, 1.807) is 0 Å². The standard InChI is InChI=1S/C14H14N2O/c15-8-12-3-4-13-5-6-16(14(13)7-12)10-17-9-11-1-2-11/h3-7,11H,1-2,9-10H2. The normalized spacial score (nSPS) is 15.0. The molecule has 1 saturated carbocycles. The van der Waals surface area contributed by atoms with Gasteiger partial charge in [-0.2, -0.15) is 5.26 Å². The second-order valence-electron chi connectivity index (χ2n) is 4.61. The summed E-state index contributed by atoms with van der Waals surface area (Å²) >= 11 is 0. The second kappa shape index (κ2) is 4.23. The lowest BCUT2D eigenvalue weighted by Crippen LogP contribution is -2.03. The fourth-order valence-corrected chi connectivity index (χ4v) is 1.97. The van der Waals surface area contributed by atoms with Crippen LogP contribution in [0.3, 0.4) is 0 Å². The van der Waals surface area contributed by atoms with E-state index >= 15 is 0 Å². The van der Waals surface area contributed by atoms with E-state index in [0.29, 0.717) is 12.3 Å². The molecule has 1 fully saturated rings. The number of rotatable bonds is 4. The third-order valence-electron chi connectivity index (χ3n) is 3.18. The van der Waals surface area contributed by atoms with Gasteiger partial charge in [0, 0.05) is 6.20 Å². The highest BCUT2D eigenvalue weighted by atomic mass is 16.5. The van der Waals surface area contributed by atoms with Gasteiger partial charge in [0.25, 0.3) is 0 Å². The summed E-state index contributed by atoms with van der Waals surface area (Å²) in [6.07, 6.45) is 4.63. The Morgan fingerprint density at radius 1 is 1.35 bits per heavy atom. The zero-order valence-electron chi connectivity index (χ0n) is 9.60. The summed E-state index contributed by atoms with van der Waals surface area (Å²) in [5, 5.41) is 10.0. The van der Waals surface area contributed by atoms with Gasteiger partial charge in [-0.3, -0.25) is 0 Å². The SMILES string of the molecule is N#Cc1ccc2ccn(COCC3CC3)c2c1. The molecular weight excluding hydrogens is 212 g/mol. The van der Waals surface area contributed by atoms with Crippen LogP contribution in [-0.2, 0) is 11.5 Å². The molecule has 17 heavy (non-hydrogen) atoms. The topological polar surface area (TPSA) is 38.0 Å². The van der Waals surface area contributed by atoms with Crippen LogP contribution in [0.4, 0.5) is 0 Å². The van der Waals surface area contributed by atoms with Crippen molar-refractivity contribution in [3.63, 3.8) is 0 Å². The van der Waals surface area contributed by atoms with Gasteiger partial charge in [-0.25, -0.2) is 0 Å². The Bertz CT molecular complexity index is 575. The van der Waals surface area contributed by atoms with Gasteiger partial charge in [0.15, 0.2) is 0 Å². The van der Waals surface area contributed by atoms with Crippen molar-refractivity contribution in [2.45, 2.75) is 19.6 Å². The van der Waals surface area contributed by atoms with E-state index in [2.05, 4.69) is 16.7 Å². The largest absolute Gasteiger partial charge is 0.360 e. The molecule has 2 aromatic rings. The molecule has 0 aliphatic heterocycles. The molecule has 1 aromatic heterocycles. The summed E-state index contributed by atoms with van der Waals surface area (Å²) in [5.41, 5.74) is 1.76. The minimum atomic E-state index is 0.578. The molecule has 1 aliphatic rings. The molecule has 1 heterocycles. The van der Waals surface area contributed by atoms with Crippen molar-refractivity contribution in [1.82, 2.24) is 4.57 Å². The maximum absolute atomic E-state index is 8.89. The average molecular weight is 226 g/mol. The van der Waals surface area contributed by atoms with Crippen molar-refractivity contribution < 1.29 is 4.74 Å². The summed E-state index contributed by atoms with van der Waals surface area (Å²) < 4.78 is 7.72. The first-order valence-corrected chi connectivity index (χ1v) is 5.93. The molecule has 3 rings (SSSR count). The van der Waals surface area contributed by atoms with E-state index in [1.165, 1.54) is 12.8 Å². The van der Waals surface area contributed by atoms with Crippen LogP contribution in [0, 0.1) is 17.2 Å². The van der Waals surface area contributed by atoms with Crippen LogP contribution >= 0.6 is 0 Å². The Kier molecular flexibility index (Phi) is 2.58. The minimum Gasteiger partial charge on any atom is -0.360 e. The number of aromatic nitrogens is 1. The molecule has 0 spiro atoms. The van der Waals surface area contributed by atoms with Crippen molar-refractivity contribution >= 4 is 10.9 Å². The van der Waals surface area contributed by atoms with Gasteiger partial charge >= 0.3 is 0 Å². The van der Waals surface area contributed by atoms with Gasteiger partial charge in [0.1, 0.15) is 6.73 Å². The van der Waals surface area contributed by atoms with Gasteiger partial charge in [-0.1, -0.05) is 6.07 Å². The van der Waals surface area contributed by atoms with Crippen LogP contribution in [0.5, 0.6) is 0 Å². The molecule has 0 saturated heterocycles. The average Bonchev–Trinajstić information content (AvgIpc) is 3.10. The number of hydrogen-bond donors (Lipinski definition) is 0. The molecule has 86 valence electrons. The first kappa shape index (κ1) is 10.4.